The number of methoxy groups -OCH3 is 1. The molecule has 4 rings (SSSR count). The average Bonchev–Trinajstić information content (AvgIpc) is 3.39. The molecule has 1 amide bonds. The molecular weight excluding hydrogens is 334 g/mol. The summed E-state index contributed by atoms with van der Waals surface area (Å²) in [7, 11) is 1.64. The van der Waals surface area contributed by atoms with Crippen molar-refractivity contribution in [2.45, 2.75) is 25.5 Å². The van der Waals surface area contributed by atoms with Gasteiger partial charge in [0.2, 0.25) is 5.95 Å². The third-order valence-corrected chi connectivity index (χ3v) is 4.52. The summed E-state index contributed by atoms with van der Waals surface area (Å²) in [6.45, 7) is 1.83. The Balaban J connectivity index is 1.57. The van der Waals surface area contributed by atoms with Crippen LogP contribution in [-0.4, -0.2) is 46.0 Å². The van der Waals surface area contributed by atoms with E-state index in [9.17, 15) is 4.79 Å². The molecule has 3 aromatic rings. The second-order valence-corrected chi connectivity index (χ2v) is 6.23. The average molecular weight is 355 g/mol. The Kier molecular flexibility index (Phi) is 4.68. The number of nitrogens with one attached hydrogen (secondary N) is 2. The number of hydrogen-bond donors (Lipinski definition) is 2. The molecule has 1 saturated heterocycles. The smallest absolute Gasteiger partial charge is 0.274 e. The van der Waals surface area contributed by atoms with E-state index in [1.165, 1.54) is 0 Å². The minimum Gasteiger partial charge on any atom is -0.383 e. The molecule has 0 saturated carbocycles. The maximum absolute atomic E-state index is 12.8. The molecule has 2 N–H and O–H groups in total. The minimum absolute atomic E-state index is 0.0682. The molecule has 8 heteroatoms. The molecule has 3 heterocycles. The maximum Gasteiger partial charge on any atom is 0.274 e. The van der Waals surface area contributed by atoms with Crippen LogP contribution < -0.4 is 5.32 Å². The Morgan fingerprint density at radius 2 is 2.35 bits per heavy atom. The number of para-hydroxylation sites is 1. The molecule has 26 heavy (non-hydrogen) atoms. The highest BCUT2D eigenvalue weighted by atomic mass is 16.5. The number of carbonyl (C=O) groups is 1. The molecule has 1 aliphatic rings. The molecule has 2 aromatic heterocycles. The van der Waals surface area contributed by atoms with Crippen LogP contribution in [0.1, 0.15) is 35.3 Å². The van der Waals surface area contributed by atoms with Crippen LogP contribution in [0, 0.1) is 0 Å². The van der Waals surface area contributed by atoms with E-state index in [1.54, 1.807) is 7.11 Å². The predicted octanol–water partition coefficient (Wildman–Crippen LogP) is 2.51. The zero-order valence-corrected chi connectivity index (χ0v) is 14.6. The molecule has 1 aliphatic heterocycles. The van der Waals surface area contributed by atoms with Gasteiger partial charge in [-0.05, 0) is 25.0 Å². The summed E-state index contributed by atoms with van der Waals surface area (Å²) in [5.41, 5.74) is 1.54. The molecule has 8 nitrogen and oxygen atoms in total. The van der Waals surface area contributed by atoms with E-state index in [-0.39, 0.29) is 18.0 Å². The van der Waals surface area contributed by atoms with Crippen molar-refractivity contribution in [1.82, 2.24) is 19.7 Å². The van der Waals surface area contributed by atoms with Gasteiger partial charge >= 0.3 is 0 Å². The van der Waals surface area contributed by atoms with Crippen molar-refractivity contribution in [1.29, 1.82) is 0 Å². The fourth-order valence-electron chi connectivity index (χ4n) is 3.26. The third-order valence-electron chi connectivity index (χ3n) is 4.52. The van der Waals surface area contributed by atoms with Gasteiger partial charge in [-0.25, -0.2) is 0 Å². The van der Waals surface area contributed by atoms with Crippen molar-refractivity contribution in [3.63, 3.8) is 0 Å². The van der Waals surface area contributed by atoms with Gasteiger partial charge in [0.25, 0.3) is 5.91 Å². The first-order chi connectivity index (χ1) is 12.8. The highest BCUT2D eigenvalue weighted by Gasteiger charge is 2.22. The summed E-state index contributed by atoms with van der Waals surface area (Å²) in [5.74, 6) is 0.650. The fourth-order valence-corrected chi connectivity index (χ4v) is 3.26. The molecule has 0 spiro atoms. The van der Waals surface area contributed by atoms with Crippen LogP contribution in [0.5, 0.6) is 0 Å². The summed E-state index contributed by atoms with van der Waals surface area (Å²) in [6, 6.07) is 9.75. The van der Waals surface area contributed by atoms with Crippen LogP contribution in [0.3, 0.4) is 0 Å². The lowest BCUT2D eigenvalue weighted by Crippen LogP contribution is -2.19. The van der Waals surface area contributed by atoms with Gasteiger partial charge in [-0.15, -0.1) is 5.10 Å². The van der Waals surface area contributed by atoms with Crippen LogP contribution in [0.15, 0.2) is 30.3 Å². The zero-order chi connectivity index (χ0) is 17.9. The number of anilines is 1. The van der Waals surface area contributed by atoms with Crippen molar-refractivity contribution < 1.29 is 14.3 Å². The van der Waals surface area contributed by atoms with Crippen molar-refractivity contribution in [3.05, 3.63) is 41.9 Å². The number of ether oxygens (including phenoxy) is 2. The van der Waals surface area contributed by atoms with Crippen LogP contribution in [0.25, 0.3) is 10.9 Å². The summed E-state index contributed by atoms with van der Waals surface area (Å²) in [5, 5.41) is 10.7. The molecular formula is C18H21N5O3. The van der Waals surface area contributed by atoms with E-state index in [1.807, 2.05) is 34.9 Å². The first-order valence-corrected chi connectivity index (χ1v) is 8.68. The molecule has 136 valence electrons. The number of amides is 1. The van der Waals surface area contributed by atoms with E-state index in [4.69, 9.17) is 9.47 Å². The summed E-state index contributed by atoms with van der Waals surface area (Å²) < 4.78 is 12.7. The van der Waals surface area contributed by atoms with E-state index in [0.717, 1.165) is 30.4 Å². The number of aromatic amines is 1. The highest BCUT2D eigenvalue weighted by Crippen LogP contribution is 2.26. The Morgan fingerprint density at radius 1 is 1.46 bits per heavy atom. The van der Waals surface area contributed by atoms with Crippen LogP contribution in [-0.2, 0) is 16.0 Å². The van der Waals surface area contributed by atoms with E-state index >= 15 is 0 Å². The van der Waals surface area contributed by atoms with Crippen molar-refractivity contribution >= 4 is 22.8 Å². The predicted molar refractivity (Wildman–Crippen MR) is 96.1 cm³/mol. The number of aromatic nitrogens is 4. The lowest BCUT2D eigenvalue weighted by molar-refractivity contribution is 0.101. The fraction of sp³-hybridized carbons (Fsp3) is 0.389. The van der Waals surface area contributed by atoms with Gasteiger partial charge in [-0.2, -0.15) is 4.98 Å². The molecule has 1 atom stereocenters. The first-order valence-electron chi connectivity index (χ1n) is 8.68. The molecule has 1 unspecified atom stereocenters. The summed E-state index contributed by atoms with van der Waals surface area (Å²) >= 11 is 0. The van der Waals surface area contributed by atoms with E-state index in [0.29, 0.717) is 24.7 Å². The van der Waals surface area contributed by atoms with Crippen molar-refractivity contribution in [2.75, 3.05) is 25.6 Å². The highest BCUT2D eigenvalue weighted by molar-refractivity contribution is 6.05. The summed E-state index contributed by atoms with van der Waals surface area (Å²) in [4.78, 5) is 17.1. The van der Waals surface area contributed by atoms with Crippen molar-refractivity contribution in [3.8, 4) is 0 Å². The standard InChI is InChI=1S/C18H21N5O3/c1-25-10-8-23-13-6-3-2-5-12(13)11-14(23)17(24)20-18-19-16(21-22-18)15-7-4-9-26-15/h2-3,5-6,11,15H,4,7-10H2,1H3,(H2,19,20,21,22,24). The normalized spacial score (nSPS) is 17.0. The lowest BCUT2D eigenvalue weighted by Gasteiger charge is -2.09. The minimum atomic E-state index is -0.254. The van der Waals surface area contributed by atoms with Gasteiger partial charge in [0.1, 0.15) is 11.8 Å². The van der Waals surface area contributed by atoms with Gasteiger partial charge in [-0.3, -0.25) is 15.2 Å². The second-order valence-electron chi connectivity index (χ2n) is 6.23. The van der Waals surface area contributed by atoms with Crippen LogP contribution >= 0.6 is 0 Å². The number of carbonyl (C=O) groups excluding carboxylic acids is 1. The summed E-state index contributed by atoms with van der Waals surface area (Å²) in [6.07, 6.45) is 1.85. The molecule has 0 bridgehead atoms. The molecule has 1 fully saturated rings. The van der Waals surface area contributed by atoms with E-state index in [2.05, 4.69) is 20.5 Å². The number of hydrogen-bond acceptors (Lipinski definition) is 5. The molecule has 0 aliphatic carbocycles. The van der Waals surface area contributed by atoms with Crippen LogP contribution in [0.2, 0.25) is 0 Å². The third kappa shape index (κ3) is 3.21. The van der Waals surface area contributed by atoms with Gasteiger partial charge in [0, 0.05) is 31.2 Å². The van der Waals surface area contributed by atoms with Gasteiger partial charge in [0.15, 0.2) is 5.82 Å². The van der Waals surface area contributed by atoms with E-state index < -0.39 is 0 Å². The number of H-pyrrole nitrogens is 1. The Bertz CT molecular complexity index is 911. The maximum atomic E-state index is 12.8. The largest absolute Gasteiger partial charge is 0.383 e. The number of fused-ring (bicyclic) bond motifs is 1. The van der Waals surface area contributed by atoms with Crippen LogP contribution in [0.4, 0.5) is 5.95 Å². The lowest BCUT2D eigenvalue weighted by atomic mass is 10.2. The zero-order valence-electron chi connectivity index (χ0n) is 14.6. The number of rotatable bonds is 6. The van der Waals surface area contributed by atoms with Gasteiger partial charge in [0.05, 0.1) is 6.61 Å². The Morgan fingerprint density at radius 3 is 3.15 bits per heavy atom. The van der Waals surface area contributed by atoms with Gasteiger partial charge < -0.3 is 14.0 Å². The SMILES string of the molecule is COCCn1c(C(=O)Nc2n[nH]c(C3CCCO3)n2)cc2ccccc21. The molecule has 1 aromatic carbocycles. The molecule has 0 radical (unpaired) electrons. The Labute approximate surface area is 150 Å². The topological polar surface area (TPSA) is 94.1 Å². The quantitative estimate of drug-likeness (QED) is 0.708. The van der Waals surface area contributed by atoms with Crippen molar-refractivity contribution in [2.24, 2.45) is 0 Å². The second kappa shape index (κ2) is 7.27. The monoisotopic (exact) mass is 355 g/mol. The van der Waals surface area contributed by atoms with Gasteiger partial charge in [-0.1, -0.05) is 18.2 Å². The Hall–Kier alpha value is -2.71. The first kappa shape index (κ1) is 16.7. The number of benzene rings is 1. The number of nitrogens with zero attached hydrogens (tertiary/aromatic N) is 3.